The van der Waals surface area contributed by atoms with Gasteiger partial charge >= 0.3 is 5.97 Å². The SMILES string of the molecule is CC(C)(CC(=O)O)Cc1cncc(Br)c1. The molecule has 15 heavy (non-hydrogen) atoms. The third-order valence-electron chi connectivity index (χ3n) is 2.07. The molecule has 1 rings (SSSR count). The molecule has 0 spiro atoms. The Morgan fingerprint density at radius 1 is 1.53 bits per heavy atom. The van der Waals surface area contributed by atoms with Crippen molar-refractivity contribution >= 4 is 21.9 Å². The second-order valence-corrected chi connectivity index (χ2v) is 5.34. The van der Waals surface area contributed by atoms with Gasteiger partial charge in [0.1, 0.15) is 0 Å². The minimum Gasteiger partial charge on any atom is -0.481 e. The van der Waals surface area contributed by atoms with E-state index in [0.29, 0.717) is 6.42 Å². The fraction of sp³-hybridized carbons (Fsp3) is 0.455. The number of hydrogen-bond acceptors (Lipinski definition) is 2. The number of pyridine rings is 1. The number of carbonyl (C=O) groups is 1. The van der Waals surface area contributed by atoms with Crippen molar-refractivity contribution in [2.75, 3.05) is 0 Å². The Hall–Kier alpha value is -0.900. The lowest BCUT2D eigenvalue weighted by Crippen LogP contribution is -2.19. The lowest BCUT2D eigenvalue weighted by molar-refractivity contribution is -0.139. The Morgan fingerprint density at radius 2 is 2.20 bits per heavy atom. The minimum atomic E-state index is -0.761. The van der Waals surface area contributed by atoms with Gasteiger partial charge in [-0.1, -0.05) is 13.8 Å². The first-order valence-electron chi connectivity index (χ1n) is 4.70. The Labute approximate surface area is 97.7 Å². The van der Waals surface area contributed by atoms with Crippen LogP contribution in [-0.2, 0) is 11.2 Å². The molecule has 4 heteroatoms. The third kappa shape index (κ3) is 4.42. The number of hydrogen-bond donors (Lipinski definition) is 1. The van der Waals surface area contributed by atoms with Crippen LogP contribution in [0.4, 0.5) is 0 Å². The molecule has 0 unspecified atom stereocenters. The lowest BCUT2D eigenvalue weighted by atomic mass is 9.83. The van der Waals surface area contributed by atoms with E-state index in [1.165, 1.54) is 0 Å². The summed E-state index contributed by atoms with van der Waals surface area (Å²) in [6.45, 7) is 3.89. The molecule has 0 aliphatic heterocycles. The number of nitrogens with zero attached hydrogens (tertiary/aromatic N) is 1. The fourth-order valence-electron chi connectivity index (χ4n) is 1.58. The molecule has 1 heterocycles. The van der Waals surface area contributed by atoms with E-state index in [-0.39, 0.29) is 11.8 Å². The maximum Gasteiger partial charge on any atom is 0.303 e. The van der Waals surface area contributed by atoms with Crippen LogP contribution in [-0.4, -0.2) is 16.1 Å². The standard InChI is InChI=1S/C11H14BrNO2/c1-11(2,5-10(14)15)4-8-3-9(12)7-13-6-8/h3,6-7H,4-5H2,1-2H3,(H,14,15). The molecule has 0 atom stereocenters. The third-order valence-corrected chi connectivity index (χ3v) is 2.51. The van der Waals surface area contributed by atoms with E-state index in [1.807, 2.05) is 19.9 Å². The van der Waals surface area contributed by atoms with E-state index in [1.54, 1.807) is 12.4 Å². The van der Waals surface area contributed by atoms with Gasteiger partial charge in [-0.05, 0) is 39.4 Å². The van der Waals surface area contributed by atoms with Crippen LogP contribution >= 0.6 is 15.9 Å². The number of carboxylic acids is 1. The maximum atomic E-state index is 10.6. The summed E-state index contributed by atoms with van der Waals surface area (Å²) in [6.07, 6.45) is 4.37. The fourth-order valence-corrected chi connectivity index (χ4v) is 1.99. The summed E-state index contributed by atoms with van der Waals surface area (Å²) in [4.78, 5) is 14.7. The van der Waals surface area contributed by atoms with Crippen molar-refractivity contribution in [3.63, 3.8) is 0 Å². The van der Waals surface area contributed by atoms with Gasteiger partial charge < -0.3 is 5.11 Å². The van der Waals surface area contributed by atoms with Gasteiger partial charge in [0.15, 0.2) is 0 Å². The molecule has 1 aromatic heterocycles. The molecule has 0 radical (unpaired) electrons. The van der Waals surface area contributed by atoms with Gasteiger partial charge in [-0.3, -0.25) is 9.78 Å². The highest BCUT2D eigenvalue weighted by Crippen LogP contribution is 2.26. The molecule has 0 saturated carbocycles. The lowest BCUT2D eigenvalue weighted by Gasteiger charge is -2.22. The van der Waals surface area contributed by atoms with E-state index >= 15 is 0 Å². The molecule has 0 aromatic carbocycles. The summed E-state index contributed by atoms with van der Waals surface area (Å²) in [7, 11) is 0. The molecule has 82 valence electrons. The van der Waals surface area contributed by atoms with Gasteiger partial charge in [-0.15, -0.1) is 0 Å². The Balaban J connectivity index is 2.72. The summed E-state index contributed by atoms with van der Waals surface area (Å²) < 4.78 is 0.922. The van der Waals surface area contributed by atoms with Crippen molar-refractivity contribution in [2.24, 2.45) is 5.41 Å². The zero-order valence-corrected chi connectivity index (χ0v) is 10.4. The molecule has 0 fully saturated rings. The molecule has 3 nitrogen and oxygen atoms in total. The summed E-state index contributed by atoms with van der Waals surface area (Å²) >= 11 is 3.34. The highest BCUT2D eigenvalue weighted by atomic mass is 79.9. The topological polar surface area (TPSA) is 50.2 Å². The smallest absolute Gasteiger partial charge is 0.303 e. The molecule has 0 saturated heterocycles. The summed E-state index contributed by atoms with van der Waals surface area (Å²) in [5, 5.41) is 8.76. The average Bonchev–Trinajstić information content (AvgIpc) is 1.99. The molecular formula is C11H14BrNO2. The molecule has 0 aliphatic carbocycles. The minimum absolute atomic E-state index is 0.166. The molecule has 0 amide bonds. The van der Waals surface area contributed by atoms with Crippen LogP contribution in [0.3, 0.4) is 0 Å². The van der Waals surface area contributed by atoms with Gasteiger partial charge in [-0.25, -0.2) is 0 Å². The van der Waals surface area contributed by atoms with Crippen molar-refractivity contribution in [2.45, 2.75) is 26.7 Å². The Bertz CT molecular complexity index is 363. The van der Waals surface area contributed by atoms with Crippen molar-refractivity contribution in [3.8, 4) is 0 Å². The van der Waals surface area contributed by atoms with Crippen LogP contribution in [0.1, 0.15) is 25.8 Å². The monoisotopic (exact) mass is 271 g/mol. The van der Waals surface area contributed by atoms with Crippen molar-refractivity contribution in [1.82, 2.24) is 4.98 Å². The van der Waals surface area contributed by atoms with Gasteiger partial charge in [0.25, 0.3) is 0 Å². The molecule has 0 bridgehead atoms. The van der Waals surface area contributed by atoms with Crippen LogP contribution in [0, 0.1) is 5.41 Å². The number of rotatable bonds is 4. The van der Waals surface area contributed by atoms with E-state index in [2.05, 4.69) is 20.9 Å². The van der Waals surface area contributed by atoms with Crippen LogP contribution < -0.4 is 0 Å². The van der Waals surface area contributed by atoms with E-state index < -0.39 is 5.97 Å². The molecule has 1 N–H and O–H groups in total. The van der Waals surface area contributed by atoms with Gasteiger partial charge in [-0.2, -0.15) is 0 Å². The summed E-state index contributed by atoms with van der Waals surface area (Å²) in [5.74, 6) is -0.761. The normalized spacial score (nSPS) is 11.4. The Kier molecular flexibility index (Phi) is 3.85. The van der Waals surface area contributed by atoms with E-state index in [9.17, 15) is 4.79 Å². The second kappa shape index (κ2) is 4.75. The zero-order chi connectivity index (χ0) is 11.5. The summed E-state index contributed by atoms with van der Waals surface area (Å²) in [5.41, 5.74) is 0.810. The first kappa shape index (κ1) is 12.2. The van der Waals surface area contributed by atoms with Gasteiger partial charge in [0, 0.05) is 16.9 Å². The van der Waals surface area contributed by atoms with Crippen molar-refractivity contribution < 1.29 is 9.90 Å². The number of aliphatic carboxylic acids is 1. The summed E-state index contributed by atoms with van der Waals surface area (Å²) in [6, 6.07) is 1.97. The molecular weight excluding hydrogens is 258 g/mol. The largest absolute Gasteiger partial charge is 0.481 e. The maximum absolute atomic E-state index is 10.6. The van der Waals surface area contributed by atoms with Crippen LogP contribution in [0.2, 0.25) is 0 Å². The molecule has 0 aliphatic rings. The number of halogens is 1. The highest BCUT2D eigenvalue weighted by molar-refractivity contribution is 9.10. The van der Waals surface area contributed by atoms with Crippen molar-refractivity contribution in [3.05, 3.63) is 28.5 Å². The average molecular weight is 272 g/mol. The Morgan fingerprint density at radius 3 is 2.73 bits per heavy atom. The predicted molar refractivity (Wildman–Crippen MR) is 61.7 cm³/mol. The van der Waals surface area contributed by atoms with Crippen LogP contribution in [0.15, 0.2) is 22.9 Å². The zero-order valence-electron chi connectivity index (χ0n) is 8.83. The van der Waals surface area contributed by atoms with Crippen molar-refractivity contribution in [1.29, 1.82) is 0 Å². The predicted octanol–water partition coefficient (Wildman–Crippen LogP) is 2.89. The van der Waals surface area contributed by atoms with Gasteiger partial charge in [0.05, 0.1) is 6.42 Å². The highest BCUT2D eigenvalue weighted by Gasteiger charge is 2.22. The number of aromatic nitrogens is 1. The number of carboxylic acid groups (broad SMARTS) is 1. The van der Waals surface area contributed by atoms with E-state index in [4.69, 9.17) is 5.11 Å². The first-order chi connectivity index (χ1) is 6.89. The molecule has 1 aromatic rings. The quantitative estimate of drug-likeness (QED) is 0.916. The van der Waals surface area contributed by atoms with E-state index in [0.717, 1.165) is 10.0 Å². The second-order valence-electron chi connectivity index (χ2n) is 4.42. The first-order valence-corrected chi connectivity index (χ1v) is 5.50. The van der Waals surface area contributed by atoms with Crippen LogP contribution in [0.5, 0.6) is 0 Å². The van der Waals surface area contributed by atoms with Crippen LogP contribution in [0.25, 0.3) is 0 Å². The van der Waals surface area contributed by atoms with Gasteiger partial charge in [0.2, 0.25) is 0 Å².